The fraction of sp³-hybridized carbons (Fsp3) is 0.393. The van der Waals surface area contributed by atoms with Crippen LogP contribution in [0.2, 0.25) is 0 Å². The molecule has 1 fully saturated rings. The van der Waals surface area contributed by atoms with Gasteiger partial charge in [-0.15, -0.1) is 0 Å². The number of hydrogen-bond donors (Lipinski definition) is 2. The van der Waals surface area contributed by atoms with Crippen molar-refractivity contribution in [3.63, 3.8) is 0 Å². The first-order valence-corrected chi connectivity index (χ1v) is 12.6. The molecule has 0 saturated carbocycles. The van der Waals surface area contributed by atoms with E-state index in [9.17, 15) is 9.59 Å². The number of aryl methyl sites for hydroxylation is 2. The van der Waals surface area contributed by atoms with Crippen molar-refractivity contribution in [3.05, 3.63) is 70.5 Å². The fourth-order valence-corrected chi connectivity index (χ4v) is 4.52. The number of nitrogen functional groups attached to an aromatic ring is 1. The quantitative estimate of drug-likeness (QED) is 0.494. The zero-order valence-electron chi connectivity index (χ0n) is 20.5. The molecule has 7 nitrogen and oxygen atoms in total. The molecular formula is C28H35N5O2. The van der Waals surface area contributed by atoms with Gasteiger partial charge in [-0.1, -0.05) is 48.9 Å². The Morgan fingerprint density at radius 2 is 1.74 bits per heavy atom. The predicted molar refractivity (Wildman–Crippen MR) is 141 cm³/mol. The molecule has 4 rings (SSSR count). The first-order valence-electron chi connectivity index (χ1n) is 12.6. The van der Waals surface area contributed by atoms with Crippen LogP contribution in [-0.2, 0) is 17.8 Å². The molecule has 7 heteroatoms. The molecule has 184 valence electrons. The predicted octanol–water partition coefficient (Wildman–Crippen LogP) is 3.71. The second-order valence-corrected chi connectivity index (χ2v) is 9.14. The molecule has 2 heterocycles. The Morgan fingerprint density at radius 3 is 2.49 bits per heavy atom. The van der Waals surface area contributed by atoms with Crippen molar-refractivity contribution in [2.24, 2.45) is 0 Å². The number of anilines is 1. The van der Waals surface area contributed by atoms with Crippen molar-refractivity contribution in [3.8, 4) is 22.4 Å². The number of carbonyl (C=O) groups excluding carboxylic acids is 1. The zero-order chi connectivity index (χ0) is 24.6. The van der Waals surface area contributed by atoms with Gasteiger partial charge in [0.05, 0.1) is 5.69 Å². The van der Waals surface area contributed by atoms with Gasteiger partial charge in [0.15, 0.2) is 0 Å². The first kappa shape index (κ1) is 24.7. The lowest BCUT2D eigenvalue weighted by Crippen LogP contribution is -2.37. The van der Waals surface area contributed by atoms with Gasteiger partial charge < -0.3 is 16.0 Å². The minimum Gasteiger partial charge on any atom is -0.394 e. The highest BCUT2D eigenvalue weighted by Gasteiger charge is 2.11. The van der Waals surface area contributed by atoms with E-state index in [1.165, 1.54) is 23.9 Å². The highest BCUT2D eigenvalue weighted by atomic mass is 16.1. The molecule has 1 aliphatic heterocycles. The highest BCUT2D eigenvalue weighted by Crippen LogP contribution is 2.26. The Morgan fingerprint density at radius 1 is 1.00 bits per heavy atom. The molecular weight excluding hydrogens is 438 g/mol. The Kier molecular flexibility index (Phi) is 8.32. The summed E-state index contributed by atoms with van der Waals surface area (Å²) >= 11 is 0. The number of nitrogens with two attached hydrogens (primary N) is 1. The number of nitrogens with one attached hydrogen (secondary N) is 1. The van der Waals surface area contributed by atoms with Crippen LogP contribution in [0, 0.1) is 0 Å². The minimum absolute atomic E-state index is 0.110. The maximum absolute atomic E-state index is 12.2. The summed E-state index contributed by atoms with van der Waals surface area (Å²) in [6.07, 6.45) is 5.08. The number of benzene rings is 2. The summed E-state index contributed by atoms with van der Waals surface area (Å²) < 4.78 is 1.38. The number of carbonyl (C=O) groups is 1. The largest absolute Gasteiger partial charge is 0.394 e. The maximum atomic E-state index is 12.2. The number of nitrogens with zero attached hydrogens (tertiary/aromatic N) is 3. The standard InChI is InChI=1S/C28H35N5O2/c1-2-33-28(35)25(29)20-26(31-33)24-8-6-7-23(19-24)22-12-9-21(10-13-22)11-14-27(34)30-15-18-32-16-4-3-5-17-32/h6-10,12-13,19-20H,2-5,11,14-18,29H2,1H3,(H,30,34). The third-order valence-corrected chi connectivity index (χ3v) is 6.59. The van der Waals surface area contributed by atoms with Gasteiger partial charge in [0.1, 0.15) is 5.69 Å². The SMILES string of the molecule is CCn1nc(-c2cccc(-c3ccc(CCC(=O)NCCN4CCCCC4)cc3)c2)cc(N)c1=O. The van der Waals surface area contributed by atoms with Gasteiger partial charge in [-0.2, -0.15) is 5.10 Å². The molecule has 3 aromatic rings. The van der Waals surface area contributed by atoms with Crippen LogP contribution in [0.25, 0.3) is 22.4 Å². The van der Waals surface area contributed by atoms with E-state index < -0.39 is 0 Å². The molecule has 0 spiro atoms. The van der Waals surface area contributed by atoms with E-state index in [0.717, 1.165) is 54.9 Å². The number of aromatic nitrogens is 2. The van der Waals surface area contributed by atoms with E-state index in [1.54, 1.807) is 6.07 Å². The monoisotopic (exact) mass is 473 g/mol. The number of piperidine rings is 1. The summed E-state index contributed by atoms with van der Waals surface area (Å²) in [6.45, 7) is 6.32. The molecule has 0 bridgehead atoms. The average molecular weight is 474 g/mol. The third-order valence-electron chi connectivity index (χ3n) is 6.59. The Hall–Kier alpha value is -3.45. The lowest BCUT2D eigenvalue weighted by atomic mass is 9.99. The Balaban J connectivity index is 1.34. The maximum Gasteiger partial charge on any atom is 0.289 e. The van der Waals surface area contributed by atoms with E-state index in [0.29, 0.717) is 18.7 Å². The van der Waals surface area contributed by atoms with Crippen molar-refractivity contribution in [1.29, 1.82) is 0 Å². The minimum atomic E-state index is -0.265. The van der Waals surface area contributed by atoms with Gasteiger partial charge in [0.2, 0.25) is 5.91 Å². The Bertz CT molecular complexity index is 1200. The molecule has 35 heavy (non-hydrogen) atoms. The van der Waals surface area contributed by atoms with Crippen molar-refractivity contribution < 1.29 is 4.79 Å². The summed E-state index contributed by atoms with van der Waals surface area (Å²) in [5.74, 6) is 0.110. The number of likely N-dealkylation sites (tertiary alicyclic amines) is 1. The summed E-state index contributed by atoms with van der Waals surface area (Å²) in [5.41, 5.74) is 10.7. The number of amides is 1. The lowest BCUT2D eigenvalue weighted by Gasteiger charge is -2.26. The molecule has 0 radical (unpaired) electrons. The van der Waals surface area contributed by atoms with E-state index in [2.05, 4.69) is 45.6 Å². The van der Waals surface area contributed by atoms with Crippen molar-refractivity contribution >= 4 is 11.6 Å². The van der Waals surface area contributed by atoms with Crippen LogP contribution in [-0.4, -0.2) is 46.8 Å². The van der Waals surface area contributed by atoms with Crippen molar-refractivity contribution in [2.45, 2.75) is 45.6 Å². The zero-order valence-corrected chi connectivity index (χ0v) is 20.5. The van der Waals surface area contributed by atoms with E-state index in [-0.39, 0.29) is 17.2 Å². The van der Waals surface area contributed by atoms with Crippen LogP contribution in [0.15, 0.2) is 59.4 Å². The van der Waals surface area contributed by atoms with Crippen LogP contribution in [0.3, 0.4) is 0 Å². The van der Waals surface area contributed by atoms with Gasteiger partial charge in [-0.3, -0.25) is 9.59 Å². The molecule has 1 amide bonds. The molecule has 0 aliphatic carbocycles. The molecule has 1 saturated heterocycles. The molecule has 1 aliphatic rings. The summed E-state index contributed by atoms with van der Waals surface area (Å²) in [6, 6.07) is 18.0. The third kappa shape index (κ3) is 6.57. The molecule has 0 unspecified atom stereocenters. The van der Waals surface area contributed by atoms with Gasteiger partial charge in [-0.05, 0) is 68.1 Å². The number of rotatable bonds is 9. The van der Waals surface area contributed by atoms with Gasteiger partial charge >= 0.3 is 0 Å². The highest BCUT2D eigenvalue weighted by molar-refractivity contribution is 5.76. The van der Waals surface area contributed by atoms with Crippen LogP contribution < -0.4 is 16.6 Å². The Labute approximate surface area is 207 Å². The second-order valence-electron chi connectivity index (χ2n) is 9.14. The normalized spacial score (nSPS) is 14.1. The molecule has 0 atom stereocenters. The number of hydrogen-bond acceptors (Lipinski definition) is 5. The van der Waals surface area contributed by atoms with E-state index in [1.807, 2.05) is 25.1 Å². The second kappa shape index (κ2) is 11.8. The molecule has 2 aromatic carbocycles. The van der Waals surface area contributed by atoms with E-state index in [4.69, 9.17) is 5.73 Å². The van der Waals surface area contributed by atoms with Crippen LogP contribution in [0.5, 0.6) is 0 Å². The first-order chi connectivity index (χ1) is 17.0. The molecule has 3 N–H and O–H groups in total. The van der Waals surface area contributed by atoms with Gasteiger partial charge in [0, 0.05) is 31.6 Å². The summed E-state index contributed by atoms with van der Waals surface area (Å²) in [5, 5.41) is 7.50. The van der Waals surface area contributed by atoms with Crippen molar-refractivity contribution in [1.82, 2.24) is 20.0 Å². The van der Waals surface area contributed by atoms with Crippen LogP contribution in [0.1, 0.15) is 38.2 Å². The van der Waals surface area contributed by atoms with Crippen LogP contribution >= 0.6 is 0 Å². The molecule has 1 aromatic heterocycles. The lowest BCUT2D eigenvalue weighted by molar-refractivity contribution is -0.121. The van der Waals surface area contributed by atoms with E-state index >= 15 is 0 Å². The topological polar surface area (TPSA) is 93.2 Å². The fourth-order valence-electron chi connectivity index (χ4n) is 4.52. The van der Waals surface area contributed by atoms with Gasteiger partial charge in [0.25, 0.3) is 5.56 Å². The van der Waals surface area contributed by atoms with Gasteiger partial charge in [-0.25, -0.2) is 4.68 Å². The average Bonchev–Trinajstić information content (AvgIpc) is 2.90. The van der Waals surface area contributed by atoms with Crippen LogP contribution in [0.4, 0.5) is 5.69 Å². The summed E-state index contributed by atoms with van der Waals surface area (Å²) in [7, 11) is 0. The summed E-state index contributed by atoms with van der Waals surface area (Å²) in [4.78, 5) is 26.7. The smallest absolute Gasteiger partial charge is 0.289 e. The van der Waals surface area contributed by atoms with Crippen molar-refractivity contribution in [2.75, 3.05) is 31.9 Å².